The van der Waals surface area contributed by atoms with Gasteiger partial charge in [0, 0.05) is 58.7 Å². The first-order chi connectivity index (χ1) is 27.8. The van der Waals surface area contributed by atoms with Crippen molar-refractivity contribution in [3.8, 4) is 23.0 Å². The van der Waals surface area contributed by atoms with Gasteiger partial charge in [0.15, 0.2) is 0 Å². The number of benzene rings is 6. The monoisotopic (exact) mass is 832 g/mol. The van der Waals surface area contributed by atoms with Crippen LogP contribution in [0, 0.1) is 0 Å². The summed E-state index contributed by atoms with van der Waals surface area (Å²) in [5, 5.41) is 21.5. The second kappa shape index (κ2) is 24.3. The van der Waals surface area contributed by atoms with E-state index < -0.39 is 17.0 Å². The summed E-state index contributed by atoms with van der Waals surface area (Å²) >= 11 is -0.556. The third-order valence-corrected chi connectivity index (χ3v) is 8.81. The van der Waals surface area contributed by atoms with Crippen LogP contribution in [-0.4, -0.2) is 35.9 Å². The van der Waals surface area contributed by atoms with Crippen LogP contribution in [0.15, 0.2) is 181 Å². The van der Waals surface area contributed by atoms with Crippen LogP contribution in [0.2, 0.25) is 0 Å². The summed E-state index contributed by atoms with van der Waals surface area (Å²) in [6, 6.07) is 46.8. The van der Waals surface area contributed by atoms with Crippen LogP contribution in [0.4, 0.5) is 11.4 Å². The number of aromatic hydroxyl groups is 2. The number of para-hydroxylation sites is 2. The van der Waals surface area contributed by atoms with E-state index in [-0.39, 0.29) is 23.3 Å². The van der Waals surface area contributed by atoms with Crippen molar-refractivity contribution in [1.82, 2.24) is 0 Å². The molecule has 0 saturated carbocycles. The molecule has 57 heavy (non-hydrogen) atoms. The molecule has 2 unspecified atom stereocenters. The minimum absolute atomic E-state index is 0.0928. The number of ether oxygens (including phenoxy) is 2. The Hall–Kier alpha value is -5.37. The Morgan fingerprint density at radius 1 is 0.561 bits per heavy atom. The second-order valence-corrected chi connectivity index (χ2v) is 15.2. The molecule has 2 N–H and O–H groups in total. The van der Waals surface area contributed by atoms with Crippen LogP contribution in [0.25, 0.3) is 0 Å². The van der Waals surface area contributed by atoms with Gasteiger partial charge in [0.2, 0.25) is 0 Å². The molecule has 6 rings (SSSR count). The van der Waals surface area contributed by atoms with Gasteiger partial charge in [0.1, 0.15) is 36.2 Å². The number of aliphatic imine (C=N–C) groups is 2. The van der Waals surface area contributed by atoms with Crippen molar-refractivity contribution in [3.05, 3.63) is 204 Å². The predicted molar refractivity (Wildman–Crippen MR) is 235 cm³/mol. The minimum atomic E-state index is -0.556. The van der Waals surface area contributed by atoms with E-state index in [4.69, 9.17) is 28.1 Å². The van der Waals surface area contributed by atoms with Crippen LogP contribution in [0.3, 0.4) is 0 Å². The van der Waals surface area contributed by atoms with Gasteiger partial charge in [0.05, 0.1) is 11.4 Å². The zero-order valence-corrected chi connectivity index (χ0v) is 35.1. The quantitative estimate of drug-likeness (QED) is 0.0650. The number of hydrogen-bond acceptors (Lipinski definition) is 6. The fourth-order valence-corrected chi connectivity index (χ4v) is 5.82. The molecular formula is C48H46Cl2N2O4Ti. The SMILES string of the molecule is C=CCOc1cccc(N=Cc2cccc(C(C)c3ccccc3)c2O)c1.C=CCOc1cccc(N=Cc2cccc(C(C)c3ccccc3)c2O)c1.[Cl][Ti][Cl]. The van der Waals surface area contributed by atoms with Crippen LogP contribution in [0.5, 0.6) is 23.0 Å². The summed E-state index contributed by atoms with van der Waals surface area (Å²) in [6.45, 7) is 12.4. The van der Waals surface area contributed by atoms with Crippen molar-refractivity contribution in [2.45, 2.75) is 25.7 Å². The Balaban J connectivity index is 0.000000236. The van der Waals surface area contributed by atoms with Crippen molar-refractivity contribution >= 4 is 42.4 Å². The number of hydrogen-bond donors (Lipinski definition) is 2. The van der Waals surface area contributed by atoms with E-state index in [1.54, 1.807) is 24.6 Å². The Labute approximate surface area is 353 Å². The van der Waals surface area contributed by atoms with Crippen molar-refractivity contribution in [2.75, 3.05) is 13.2 Å². The van der Waals surface area contributed by atoms with Crippen LogP contribution < -0.4 is 9.47 Å². The van der Waals surface area contributed by atoms with E-state index in [0.29, 0.717) is 24.3 Å². The Bertz CT molecular complexity index is 2060. The van der Waals surface area contributed by atoms with E-state index in [9.17, 15) is 10.2 Å². The van der Waals surface area contributed by atoms with Crippen LogP contribution >= 0.6 is 18.6 Å². The molecule has 290 valence electrons. The first-order valence-corrected chi connectivity index (χ1v) is 22.5. The molecule has 0 heterocycles. The van der Waals surface area contributed by atoms with Crippen molar-refractivity contribution in [2.24, 2.45) is 9.98 Å². The molecule has 2 atom stereocenters. The zero-order valence-electron chi connectivity index (χ0n) is 32.0. The summed E-state index contributed by atoms with van der Waals surface area (Å²) in [4.78, 5) is 8.98. The molecule has 6 aromatic carbocycles. The van der Waals surface area contributed by atoms with Gasteiger partial charge in [-0.15, -0.1) is 0 Å². The fourth-order valence-electron chi connectivity index (χ4n) is 5.82. The molecule has 0 aromatic heterocycles. The number of nitrogens with zero attached hydrogens (tertiary/aromatic N) is 2. The summed E-state index contributed by atoms with van der Waals surface area (Å²) in [7, 11) is 9.78. The van der Waals surface area contributed by atoms with E-state index in [2.05, 4.69) is 61.3 Å². The average molecular weight is 834 g/mol. The van der Waals surface area contributed by atoms with Gasteiger partial charge >= 0.3 is 35.6 Å². The molecule has 0 radical (unpaired) electrons. The number of rotatable bonds is 14. The van der Waals surface area contributed by atoms with Gasteiger partial charge in [-0.25, -0.2) is 0 Å². The van der Waals surface area contributed by atoms with Crippen molar-refractivity contribution in [3.63, 3.8) is 0 Å². The Kier molecular flexibility index (Phi) is 18.9. The molecular weight excluding hydrogens is 787 g/mol. The summed E-state index contributed by atoms with van der Waals surface area (Å²) in [5.74, 6) is 2.18. The molecule has 0 aliphatic rings. The summed E-state index contributed by atoms with van der Waals surface area (Å²) in [6.07, 6.45) is 6.77. The maximum absolute atomic E-state index is 10.7. The van der Waals surface area contributed by atoms with Gasteiger partial charge in [-0.1, -0.05) is 136 Å². The third-order valence-electron chi connectivity index (χ3n) is 8.81. The molecule has 6 nitrogen and oxygen atoms in total. The molecule has 0 bridgehead atoms. The van der Waals surface area contributed by atoms with Gasteiger partial charge in [-0.3, -0.25) is 9.98 Å². The first-order valence-electron chi connectivity index (χ1n) is 18.2. The number of phenolic OH excluding ortho intramolecular Hbond substituents is 2. The van der Waals surface area contributed by atoms with E-state index >= 15 is 0 Å². The zero-order chi connectivity index (χ0) is 40.8. The maximum atomic E-state index is 10.7. The van der Waals surface area contributed by atoms with Gasteiger partial charge in [-0.05, 0) is 47.5 Å². The van der Waals surface area contributed by atoms with Crippen LogP contribution in [0.1, 0.15) is 59.1 Å². The third kappa shape index (κ3) is 14.0. The van der Waals surface area contributed by atoms with Crippen molar-refractivity contribution in [1.29, 1.82) is 0 Å². The van der Waals surface area contributed by atoms with Gasteiger partial charge in [0.25, 0.3) is 0 Å². The fraction of sp³-hybridized carbons (Fsp3) is 0.125. The number of phenols is 2. The van der Waals surface area contributed by atoms with E-state index in [1.807, 2.05) is 121 Å². The predicted octanol–water partition coefficient (Wildman–Crippen LogP) is 13.1. The van der Waals surface area contributed by atoms with Gasteiger partial charge < -0.3 is 19.7 Å². The molecule has 6 aromatic rings. The molecule has 0 aliphatic heterocycles. The molecule has 0 spiro atoms. The Morgan fingerprint density at radius 3 is 1.30 bits per heavy atom. The number of halogens is 2. The molecule has 0 saturated heterocycles. The molecule has 9 heteroatoms. The van der Waals surface area contributed by atoms with Crippen LogP contribution in [-0.2, 0) is 17.0 Å². The topological polar surface area (TPSA) is 83.6 Å². The molecule has 0 fully saturated rings. The van der Waals surface area contributed by atoms with E-state index in [1.165, 1.54) is 0 Å². The second-order valence-electron chi connectivity index (χ2n) is 12.6. The summed E-state index contributed by atoms with van der Waals surface area (Å²) < 4.78 is 11.1. The first kappa shape index (κ1) is 44.4. The molecule has 0 aliphatic carbocycles. The standard InChI is InChI=1S/2C24H23NO2.2ClH.Ti/c2*1-3-15-27-22-13-8-12-21(16-22)25-17-20-11-7-14-23(24(20)26)18(2)19-9-5-4-6-10-19;;;/h2*3-14,16-18,26H,1,15H2,2H3;2*1H;/q;;;;+2/p-2. The van der Waals surface area contributed by atoms with Crippen molar-refractivity contribution < 1.29 is 36.7 Å². The summed E-state index contributed by atoms with van der Waals surface area (Å²) in [5.41, 5.74) is 6.99. The normalized spacial score (nSPS) is 11.6. The Morgan fingerprint density at radius 2 is 0.930 bits per heavy atom. The van der Waals surface area contributed by atoms with Gasteiger partial charge in [-0.2, -0.15) is 0 Å². The molecule has 0 amide bonds. The van der Waals surface area contributed by atoms with E-state index in [0.717, 1.165) is 45.1 Å². The average Bonchev–Trinajstić information content (AvgIpc) is 3.25.